The van der Waals surface area contributed by atoms with Crippen molar-refractivity contribution in [2.45, 2.75) is 13.8 Å². The normalized spacial score (nSPS) is 16.4. The summed E-state index contributed by atoms with van der Waals surface area (Å²) < 4.78 is 4.85. The van der Waals surface area contributed by atoms with Gasteiger partial charge in [-0.05, 0) is 5.92 Å². The van der Waals surface area contributed by atoms with Gasteiger partial charge >= 0.3 is 12.0 Å². The predicted molar refractivity (Wildman–Crippen MR) is 74.7 cm³/mol. The first kappa shape index (κ1) is 16.7. The smallest absolute Gasteiger partial charge is 0.329 e. The molecule has 0 spiro atoms. The predicted octanol–water partition coefficient (Wildman–Crippen LogP) is 0.0708. The van der Waals surface area contributed by atoms with E-state index in [4.69, 9.17) is 9.84 Å². The third kappa shape index (κ3) is 6.72. The fourth-order valence-corrected chi connectivity index (χ4v) is 2.15. The van der Waals surface area contributed by atoms with Crippen molar-refractivity contribution in [1.29, 1.82) is 0 Å². The van der Waals surface area contributed by atoms with E-state index in [1.165, 1.54) is 0 Å². The molecule has 0 aromatic rings. The summed E-state index contributed by atoms with van der Waals surface area (Å²) in [7, 11) is 0. The number of carboxylic acids is 1. The van der Waals surface area contributed by atoms with Gasteiger partial charge in [0.15, 0.2) is 0 Å². The lowest BCUT2D eigenvalue weighted by Gasteiger charge is -2.35. The minimum atomic E-state index is -1.00. The van der Waals surface area contributed by atoms with Gasteiger partial charge in [0.25, 0.3) is 0 Å². The highest BCUT2D eigenvalue weighted by Gasteiger charge is 2.20. The molecule has 2 N–H and O–H groups in total. The number of piperazine rings is 1. The Morgan fingerprint density at radius 3 is 2.45 bits per heavy atom. The maximum atomic E-state index is 11.8. The largest absolute Gasteiger partial charge is 0.480 e. The Bertz CT molecular complexity index is 315. The summed E-state index contributed by atoms with van der Waals surface area (Å²) in [6, 6.07) is -0.104. The zero-order valence-electron chi connectivity index (χ0n) is 12.3. The van der Waals surface area contributed by atoms with Gasteiger partial charge in [0.1, 0.15) is 6.61 Å². The van der Waals surface area contributed by atoms with E-state index in [0.29, 0.717) is 12.5 Å². The van der Waals surface area contributed by atoms with Crippen LogP contribution in [0.3, 0.4) is 0 Å². The number of rotatable bonds is 7. The molecular weight excluding hydrogens is 262 g/mol. The molecule has 0 aliphatic carbocycles. The van der Waals surface area contributed by atoms with Gasteiger partial charge in [0, 0.05) is 39.3 Å². The number of hydrogen-bond donors (Lipinski definition) is 2. The Morgan fingerprint density at radius 1 is 1.25 bits per heavy atom. The zero-order chi connectivity index (χ0) is 15.0. The molecule has 0 bridgehead atoms. The van der Waals surface area contributed by atoms with Crippen LogP contribution in [0.25, 0.3) is 0 Å². The van der Waals surface area contributed by atoms with E-state index in [-0.39, 0.29) is 19.2 Å². The minimum absolute atomic E-state index is 0.104. The lowest BCUT2D eigenvalue weighted by molar-refractivity contribution is -0.142. The van der Waals surface area contributed by atoms with Gasteiger partial charge in [-0.2, -0.15) is 0 Å². The second kappa shape index (κ2) is 8.76. The van der Waals surface area contributed by atoms with Crippen LogP contribution >= 0.6 is 0 Å². The summed E-state index contributed by atoms with van der Waals surface area (Å²) in [5.41, 5.74) is 0. The van der Waals surface area contributed by atoms with E-state index in [9.17, 15) is 9.59 Å². The van der Waals surface area contributed by atoms with Crippen molar-refractivity contribution in [3.63, 3.8) is 0 Å². The first-order valence-electron chi connectivity index (χ1n) is 7.03. The van der Waals surface area contributed by atoms with E-state index in [1.54, 1.807) is 4.90 Å². The highest BCUT2D eigenvalue weighted by atomic mass is 16.5. The van der Waals surface area contributed by atoms with E-state index in [0.717, 1.165) is 32.7 Å². The Morgan fingerprint density at radius 2 is 1.90 bits per heavy atom. The SMILES string of the molecule is CC(C)CN1CCN(C(=O)NCCOCC(=O)O)CC1. The van der Waals surface area contributed by atoms with Crippen molar-refractivity contribution >= 4 is 12.0 Å². The number of carbonyl (C=O) groups excluding carboxylic acids is 1. The van der Waals surface area contributed by atoms with Crippen molar-refractivity contribution < 1.29 is 19.4 Å². The number of amides is 2. The quantitative estimate of drug-likeness (QED) is 0.648. The van der Waals surface area contributed by atoms with Gasteiger partial charge in [0.2, 0.25) is 0 Å². The van der Waals surface area contributed by atoms with E-state index in [1.807, 2.05) is 0 Å². The van der Waals surface area contributed by atoms with Crippen molar-refractivity contribution in [2.75, 3.05) is 52.5 Å². The molecular formula is C13H25N3O4. The number of carbonyl (C=O) groups is 2. The monoisotopic (exact) mass is 287 g/mol. The van der Waals surface area contributed by atoms with Crippen LogP contribution < -0.4 is 5.32 Å². The number of urea groups is 1. The third-order valence-electron chi connectivity index (χ3n) is 3.03. The summed E-state index contributed by atoms with van der Waals surface area (Å²) in [5.74, 6) is -0.362. The lowest BCUT2D eigenvalue weighted by Crippen LogP contribution is -2.52. The van der Waals surface area contributed by atoms with Crippen LogP contribution in [0.2, 0.25) is 0 Å². The summed E-state index contributed by atoms with van der Waals surface area (Å²) in [4.78, 5) is 26.2. The van der Waals surface area contributed by atoms with Crippen LogP contribution in [0, 0.1) is 5.92 Å². The lowest BCUT2D eigenvalue weighted by atomic mass is 10.2. The Hall–Kier alpha value is -1.34. The summed E-state index contributed by atoms with van der Waals surface area (Å²) in [6.45, 7) is 8.93. The summed E-state index contributed by atoms with van der Waals surface area (Å²) in [6.07, 6.45) is 0. The highest BCUT2D eigenvalue weighted by molar-refractivity contribution is 5.74. The van der Waals surface area contributed by atoms with E-state index >= 15 is 0 Å². The molecule has 1 aliphatic heterocycles. The molecule has 0 radical (unpaired) electrons. The number of nitrogens with one attached hydrogen (secondary N) is 1. The maximum Gasteiger partial charge on any atom is 0.329 e. The molecule has 1 heterocycles. The van der Waals surface area contributed by atoms with Crippen LogP contribution in [0.5, 0.6) is 0 Å². The van der Waals surface area contributed by atoms with Crippen LogP contribution in [0.4, 0.5) is 4.79 Å². The Balaban J connectivity index is 2.11. The molecule has 0 saturated carbocycles. The van der Waals surface area contributed by atoms with Gasteiger partial charge in [0.05, 0.1) is 6.61 Å². The van der Waals surface area contributed by atoms with E-state index in [2.05, 4.69) is 24.1 Å². The molecule has 1 aliphatic rings. The van der Waals surface area contributed by atoms with Gasteiger partial charge < -0.3 is 20.1 Å². The molecule has 0 aromatic heterocycles. The van der Waals surface area contributed by atoms with Gasteiger partial charge in [-0.1, -0.05) is 13.8 Å². The molecule has 2 amide bonds. The molecule has 1 saturated heterocycles. The van der Waals surface area contributed by atoms with Crippen LogP contribution in [-0.2, 0) is 9.53 Å². The molecule has 0 unspecified atom stereocenters. The van der Waals surface area contributed by atoms with Crippen molar-refractivity contribution in [3.8, 4) is 0 Å². The van der Waals surface area contributed by atoms with Crippen molar-refractivity contribution in [1.82, 2.24) is 15.1 Å². The minimum Gasteiger partial charge on any atom is -0.480 e. The number of carboxylic acid groups (broad SMARTS) is 1. The summed E-state index contributed by atoms with van der Waals surface area (Å²) >= 11 is 0. The fourth-order valence-electron chi connectivity index (χ4n) is 2.15. The average Bonchev–Trinajstić information content (AvgIpc) is 2.38. The molecule has 1 rings (SSSR count). The van der Waals surface area contributed by atoms with Crippen molar-refractivity contribution in [3.05, 3.63) is 0 Å². The van der Waals surface area contributed by atoms with Crippen molar-refractivity contribution in [2.24, 2.45) is 5.92 Å². The Labute approximate surface area is 119 Å². The number of ether oxygens (including phenoxy) is 1. The number of hydrogen-bond acceptors (Lipinski definition) is 4. The molecule has 7 heteroatoms. The molecule has 1 fully saturated rings. The standard InChI is InChI=1S/C13H25N3O4/c1-11(2)9-15-4-6-16(7-5-15)13(19)14-3-8-20-10-12(17)18/h11H,3-10H2,1-2H3,(H,14,19)(H,17,18). The fraction of sp³-hybridized carbons (Fsp3) is 0.846. The number of aliphatic carboxylic acids is 1. The molecule has 0 atom stereocenters. The average molecular weight is 287 g/mol. The Kier molecular flexibility index (Phi) is 7.32. The zero-order valence-corrected chi connectivity index (χ0v) is 12.3. The van der Waals surface area contributed by atoms with Gasteiger partial charge in [-0.3, -0.25) is 4.90 Å². The summed E-state index contributed by atoms with van der Waals surface area (Å²) in [5, 5.41) is 11.1. The number of nitrogens with zero attached hydrogens (tertiary/aromatic N) is 2. The second-order valence-electron chi connectivity index (χ2n) is 5.36. The molecule has 7 nitrogen and oxygen atoms in total. The van der Waals surface area contributed by atoms with Crippen LogP contribution in [0.15, 0.2) is 0 Å². The molecule has 116 valence electrons. The van der Waals surface area contributed by atoms with Crippen LogP contribution in [-0.4, -0.2) is 79.4 Å². The molecule has 20 heavy (non-hydrogen) atoms. The molecule has 0 aromatic carbocycles. The van der Waals surface area contributed by atoms with Crippen LogP contribution in [0.1, 0.15) is 13.8 Å². The topological polar surface area (TPSA) is 82.1 Å². The van der Waals surface area contributed by atoms with Gasteiger partial charge in [-0.25, -0.2) is 9.59 Å². The first-order chi connectivity index (χ1) is 9.49. The highest BCUT2D eigenvalue weighted by Crippen LogP contribution is 2.05. The third-order valence-corrected chi connectivity index (χ3v) is 3.03. The second-order valence-corrected chi connectivity index (χ2v) is 5.36. The van der Waals surface area contributed by atoms with Gasteiger partial charge in [-0.15, -0.1) is 0 Å². The maximum absolute atomic E-state index is 11.8. The first-order valence-corrected chi connectivity index (χ1v) is 7.03. The van der Waals surface area contributed by atoms with E-state index < -0.39 is 5.97 Å².